The van der Waals surface area contributed by atoms with E-state index in [2.05, 4.69) is 33.6 Å². The summed E-state index contributed by atoms with van der Waals surface area (Å²) in [7, 11) is 0. The topological polar surface area (TPSA) is 49.3 Å². The number of amides is 1. The van der Waals surface area contributed by atoms with E-state index in [1.165, 1.54) is 0 Å². The van der Waals surface area contributed by atoms with E-state index in [4.69, 9.17) is 0 Å². The number of carbonyl (C=O) groups is 1. The number of anilines is 1. The van der Waals surface area contributed by atoms with E-state index in [1.807, 2.05) is 18.5 Å². The van der Waals surface area contributed by atoms with Crippen molar-refractivity contribution in [1.29, 1.82) is 0 Å². The predicted molar refractivity (Wildman–Crippen MR) is 88.9 cm³/mol. The number of carbonyl (C=O) groups excluding carboxylic acids is 1. The number of nitrogens with zero attached hydrogens (tertiary/aromatic N) is 4. The summed E-state index contributed by atoms with van der Waals surface area (Å²) in [4.78, 5) is 25.8. The van der Waals surface area contributed by atoms with Gasteiger partial charge in [0.25, 0.3) is 0 Å². The Bertz CT molecular complexity index is 572. The number of hydrogen-bond acceptors (Lipinski definition) is 4. The molecule has 1 aliphatic carbocycles. The first-order valence-corrected chi connectivity index (χ1v) is 8.85. The van der Waals surface area contributed by atoms with Crippen LogP contribution in [0.25, 0.3) is 0 Å². The normalized spacial score (nSPS) is 32.3. The van der Waals surface area contributed by atoms with Gasteiger partial charge in [-0.2, -0.15) is 0 Å². The van der Waals surface area contributed by atoms with E-state index in [1.54, 1.807) is 0 Å². The van der Waals surface area contributed by atoms with Gasteiger partial charge >= 0.3 is 0 Å². The van der Waals surface area contributed by atoms with Crippen molar-refractivity contribution >= 4 is 11.9 Å². The molecule has 2 saturated heterocycles. The van der Waals surface area contributed by atoms with E-state index in [0.717, 1.165) is 51.4 Å². The lowest BCUT2D eigenvalue weighted by Crippen LogP contribution is -2.33. The van der Waals surface area contributed by atoms with Crippen LogP contribution in [0.15, 0.2) is 18.5 Å². The molecule has 4 rings (SSSR count). The lowest BCUT2D eigenvalue weighted by Gasteiger charge is -2.22. The van der Waals surface area contributed by atoms with Gasteiger partial charge in [0.2, 0.25) is 11.9 Å². The van der Waals surface area contributed by atoms with Gasteiger partial charge in [0, 0.05) is 44.5 Å². The lowest BCUT2D eigenvalue weighted by atomic mass is 9.92. The van der Waals surface area contributed by atoms with Gasteiger partial charge in [0.15, 0.2) is 0 Å². The van der Waals surface area contributed by atoms with Crippen LogP contribution in [0.3, 0.4) is 0 Å². The Kier molecular flexibility index (Phi) is 3.54. The molecule has 124 valence electrons. The summed E-state index contributed by atoms with van der Waals surface area (Å²) in [5.74, 6) is 2.83. The SMILES string of the molecule is CC1(C)CC1C(=O)N1C[C@H]2CCN(c3ncccn3)CC[C@H]2C1. The van der Waals surface area contributed by atoms with Crippen molar-refractivity contribution in [3.8, 4) is 0 Å². The minimum absolute atomic E-state index is 0.239. The molecular weight excluding hydrogens is 288 g/mol. The van der Waals surface area contributed by atoms with Crippen molar-refractivity contribution in [3.63, 3.8) is 0 Å². The highest BCUT2D eigenvalue weighted by atomic mass is 16.2. The van der Waals surface area contributed by atoms with Crippen LogP contribution >= 0.6 is 0 Å². The van der Waals surface area contributed by atoms with Gasteiger partial charge in [-0.05, 0) is 42.6 Å². The molecule has 0 N–H and O–H groups in total. The molecule has 1 amide bonds. The zero-order valence-electron chi connectivity index (χ0n) is 14.1. The molecule has 0 spiro atoms. The van der Waals surface area contributed by atoms with Crippen LogP contribution in [-0.2, 0) is 4.79 Å². The highest BCUT2D eigenvalue weighted by molar-refractivity contribution is 5.82. The molecule has 0 radical (unpaired) electrons. The number of aromatic nitrogens is 2. The average Bonchev–Trinajstić information content (AvgIpc) is 3.08. The van der Waals surface area contributed by atoms with Gasteiger partial charge in [-0.15, -0.1) is 0 Å². The number of fused-ring (bicyclic) bond motifs is 1. The first kappa shape index (κ1) is 14.9. The number of rotatable bonds is 2. The Labute approximate surface area is 138 Å². The minimum Gasteiger partial charge on any atom is -0.342 e. The third-order valence-corrected chi connectivity index (χ3v) is 6.07. The van der Waals surface area contributed by atoms with Crippen LogP contribution in [0.5, 0.6) is 0 Å². The summed E-state index contributed by atoms with van der Waals surface area (Å²) >= 11 is 0. The molecule has 5 heteroatoms. The minimum atomic E-state index is 0.239. The van der Waals surface area contributed by atoms with E-state index in [0.29, 0.717) is 17.7 Å². The van der Waals surface area contributed by atoms with Gasteiger partial charge < -0.3 is 9.80 Å². The highest BCUT2D eigenvalue weighted by Gasteiger charge is 2.53. The molecule has 23 heavy (non-hydrogen) atoms. The molecule has 5 nitrogen and oxygen atoms in total. The molecule has 1 aromatic heterocycles. The molecule has 1 aromatic rings. The molecule has 3 atom stereocenters. The fourth-order valence-electron chi connectivity index (χ4n) is 4.29. The van der Waals surface area contributed by atoms with Crippen LogP contribution in [0, 0.1) is 23.2 Å². The molecule has 3 fully saturated rings. The second-order valence-corrected chi connectivity index (χ2v) is 8.12. The molecule has 1 unspecified atom stereocenters. The van der Waals surface area contributed by atoms with Gasteiger partial charge in [-0.25, -0.2) is 9.97 Å². The molecule has 3 heterocycles. The van der Waals surface area contributed by atoms with Gasteiger partial charge in [-0.1, -0.05) is 13.8 Å². The van der Waals surface area contributed by atoms with Crippen molar-refractivity contribution < 1.29 is 4.79 Å². The van der Waals surface area contributed by atoms with E-state index in [-0.39, 0.29) is 11.3 Å². The Morgan fingerprint density at radius 1 is 1.13 bits per heavy atom. The third kappa shape index (κ3) is 2.81. The van der Waals surface area contributed by atoms with Crippen molar-refractivity contribution in [3.05, 3.63) is 18.5 Å². The van der Waals surface area contributed by atoms with Crippen LogP contribution in [-0.4, -0.2) is 47.0 Å². The van der Waals surface area contributed by atoms with E-state index >= 15 is 0 Å². The van der Waals surface area contributed by atoms with Crippen LogP contribution in [0.2, 0.25) is 0 Å². The Balaban J connectivity index is 1.37. The molecule has 3 aliphatic rings. The van der Waals surface area contributed by atoms with Gasteiger partial charge in [-0.3, -0.25) is 4.79 Å². The Hall–Kier alpha value is -1.65. The first-order valence-electron chi connectivity index (χ1n) is 8.85. The zero-order valence-corrected chi connectivity index (χ0v) is 14.1. The fraction of sp³-hybridized carbons (Fsp3) is 0.722. The number of likely N-dealkylation sites (tertiary alicyclic amines) is 1. The van der Waals surface area contributed by atoms with Crippen LogP contribution < -0.4 is 4.90 Å². The smallest absolute Gasteiger partial charge is 0.226 e. The Morgan fingerprint density at radius 3 is 2.22 bits per heavy atom. The van der Waals surface area contributed by atoms with E-state index in [9.17, 15) is 4.79 Å². The summed E-state index contributed by atoms with van der Waals surface area (Å²) in [5.41, 5.74) is 0.239. The average molecular weight is 314 g/mol. The second kappa shape index (κ2) is 5.46. The highest BCUT2D eigenvalue weighted by Crippen LogP contribution is 2.53. The summed E-state index contributed by atoms with van der Waals surface area (Å²) in [6.45, 7) is 8.34. The van der Waals surface area contributed by atoms with Gasteiger partial charge in [0.05, 0.1) is 0 Å². The molecule has 0 bridgehead atoms. The summed E-state index contributed by atoms with van der Waals surface area (Å²) in [5, 5.41) is 0. The van der Waals surface area contributed by atoms with Crippen molar-refractivity contribution in [2.45, 2.75) is 33.1 Å². The molecular formula is C18H26N4O. The van der Waals surface area contributed by atoms with Crippen molar-refractivity contribution in [2.24, 2.45) is 23.2 Å². The quantitative estimate of drug-likeness (QED) is 0.840. The Morgan fingerprint density at radius 2 is 1.70 bits per heavy atom. The fourth-order valence-corrected chi connectivity index (χ4v) is 4.29. The van der Waals surface area contributed by atoms with Gasteiger partial charge in [0.1, 0.15) is 0 Å². The zero-order chi connectivity index (χ0) is 16.0. The first-order chi connectivity index (χ1) is 11.0. The predicted octanol–water partition coefficient (Wildman–Crippen LogP) is 2.20. The summed E-state index contributed by atoms with van der Waals surface area (Å²) in [6, 6.07) is 1.86. The van der Waals surface area contributed by atoms with Crippen molar-refractivity contribution in [2.75, 3.05) is 31.1 Å². The maximum Gasteiger partial charge on any atom is 0.226 e. The lowest BCUT2D eigenvalue weighted by molar-refractivity contribution is -0.132. The standard InChI is InChI=1S/C18H26N4O/c1-18(2)10-15(18)16(23)22-11-13-4-8-21(9-5-14(13)12-22)17-19-6-3-7-20-17/h3,6-7,13-15H,4-5,8-12H2,1-2H3/t13-,14+,15?. The van der Waals surface area contributed by atoms with Crippen LogP contribution in [0.4, 0.5) is 5.95 Å². The summed E-state index contributed by atoms with van der Waals surface area (Å²) < 4.78 is 0. The molecule has 2 aliphatic heterocycles. The monoisotopic (exact) mass is 314 g/mol. The molecule has 1 saturated carbocycles. The summed E-state index contributed by atoms with van der Waals surface area (Å²) in [6.07, 6.45) is 6.97. The second-order valence-electron chi connectivity index (χ2n) is 8.12. The maximum atomic E-state index is 12.6. The number of hydrogen-bond donors (Lipinski definition) is 0. The van der Waals surface area contributed by atoms with E-state index < -0.39 is 0 Å². The van der Waals surface area contributed by atoms with Crippen molar-refractivity contribution in [1.82, 2.24) is 14.9 Å². The molecule has 0 aromatic carbocycles. The largest absolute Gasteiger partial charge is 0.342 e. The maximum absolute atomic E-state index is 12.6. The van der Waals surface area contributed by atoms with Crippen LogP contribution in [0.1, 0.15) is 33.1 Å². The third-order valence-electron chi connectivity index (χ3n) is 6.07.